The number of rotatable bonds is 10. The highest BCUT2D eigenvalue weighted by atomic mass is 32.2. The van der Waals surface area contributed by atoms with Gasteiger partial charge in [0.1, 0.15) is 5.54 Å². The number of carboxylic acid groups (broad SMARTS) is 1. The number of nitrogens with two attached hydrogens (primary N) is 2. The van der Waals surface area contributed by atoms with Gasteiger partial charge in [-0.2, -0.15) is 11.8 Å². The molecule has 0 aromatic carbocycles. The van der Waals surface area contributed by atoms with Crippen molar-refractivity contribution in [2.24, 2.45) is 16.9 Å². The fraction of sp³-hybridized carbons (Fsp3) is 0.833. The number of hydrogen-bond acceptors (Lipinski definition) is 6. The Morgan fingerprint density at radius 3 is 2.27 bits per heavy atom. The lowest BCUT2D eigenvalue weighted by Crippen LogP contribution is -2.67. The fourth-order valence-electron chi connectivity index (χ4n) is 3.71. The molecule has 0 saturated heterocycles. The minimum Gasteiger partial charge on any atom is -0.481 e. The van der Waals surface area contributed by atoms with Gasteiger partial charge in [0.15, 0.2) is 5.78 Å². The van der Waals surface area contributed by atoms with Crippen molar-refractivity contribution in [3.05, 3.63) is 0 Å². The van der Waals surface area contributed by atoms with Crippen molar-refractivity contribution in [3.63, 3.8) is 0 Å². The molecule has 8 heteroatoms. The topological polar surface area (TPSA) is 136 Å². The Morgan fingerprint density at radius 1 is 1.19 bits per heavy atom. The van der Waals surface area contributed by atoms with Gasteiger partial charge < -0.3 is 21.9 Å². The summed E-state index contributed by atoms with van der Waals surface area (Å²) in [4.78, 5) is 36.8. The van der Waals surface area contributed by atoms with E-state index in [-0.39, 0.29) is 5.91 Å². The van der Waals surface area contributed by atoms with Crippen molar-refractivity contribution in [1.82, 2.24) is 5.32 Å². The van der Waals surface area contributed by atoms with E-state index in [1.165, 1.54) is 0 Å². The maximum absolute atomic E-state index is 13.1. The molecule has 0 aromatic rings. The minimum absolute atomic E-state index is 0.385. The monoisotopic (exact) mass is 387 g/mol. The molecule has 1 aliphatic rings. The molecule has 1 unspecified atom stereocenters. The summed E-state index contributed by atoms with van der Waals surface area (Å²) in [6.45, 7) is 3.66. The van der Waals surface area contributed by atoms with Gasteiger partial charge in [0.25, 0.3) is 0 Å². The molecule has 1 saturated carbocycles. The van der Waals surface area contributed by atoms with Crippen molar-refractivity contribution < 1.29 is 19.5 Å². The lowest BCUT2D eigenvalue weighted by molar-refractivity contribution is -0.143. The molecular formula is C18H33N3O4S. The second kappa shape index (κ2) is 9.71. The number of hydrogen-bond donors (Lipinski definition) is 4. The molecule has 6 N–H and O–H groups in total. The lowest BCUT2D eigenvalue weighted by Gasteiger charge is -2.49. The first kappa shape index (κ1) is 22.9. The molecule has 1 amide bonds. The van der Waals surface area contributed by atoms with Crippen LogP contribution in [-0.4, -0.2) is 52.4 Å². The van der Waals surface area contributed by atoms with Crippen LogP contribution < -0.4 is 16.8 Å². The van der Waals surface area contributed by atoms with E-state index in [9.17, 15) is 14.4 Å². The summed E-state index contributed by atoms with van der Waals surface area (Å²) in [5.74, 6) is -1.21. The molecule has 1 fully saturated rings. The van der Waals surface area contributed by atoms with Gasteiger partial charge in [-0.15, -0.1) is 0 Å². The minimum atomic E-state index is -1.24. The molecule has 0 spiro atoms. The number of carbonyl (C=O) groups is 3. The van der Waals surface area contributed by atoms with E-state index in [0.717, 1.165) is 37.9 Å². The van der Waals surface area contributed by atoms with Crippen molar-refractivity contribution in [1.29, 1.82) is 0 Å². The van der Waals surface area contributed by atoms with E-state index in [0.29, 0.717) is 6.42 Å². The van der Waals surface area contributed by atoms with Crippen LogP contribution >= 0.6 is 11.8 Å². The predicted octanol–water partition coefficient (Wildman–Crippen LogP) is 1.28. The zero-order valence-corrected chi connectivity index (χ0v) is 16.9. The van der Waals surface area contributed by atoms with Gasteiger partial charge in [-0.3, -0.25) is 14.4 Å². The van der Waals surface area contributed by atoms with Crippen LogP contribution in [0.2, 0.25) is 0 Å². The zero-order chi connectivity index (χ0) is 20.0. The average molecular weight is 388 g/mol. The third-order valence-electron chi connectivity index (χ3n) is 5.73. The largest absolute Gasteiger partial charge is 0.481 e. The molecule has 0 aromatic heterocycles. The number of ketones is 1. The Bertz CT molecular complexity index is 523. The Morgan fingerprint density at radius 2 is 1.77 bits per heavy atom. The third kappa shape index (κ3) is 5.44. The van der Waals surface area contributed by atoms with Gasteiger partial charge in [-0.25, -0.2) is 0 Å². The highest BCUT2D eigenvalue weighted by Crippen LogP contribution is 2.45. The molecule has 1 rings (SSSR count). The van der Waals surface area contributed by atoms with Gasteiger partial charge in [0.2, 0.25) is 5.91 Å². The van der Waals surface area contributed by atoms with Gasteiger partial charge >= 0.3 is 5.97 Å². The number of Topliss-reactive ketones (excluding diaryl/α,β-unsaturated/α-hetero) is 1. The third-order valence-corrected chi connectivity index (χ3v) is 6.38. The number of carbonyl (C=O) groups excluding carboxylic acids is 2. The molecule has 0 bridgehead atoms. The Balaban J connectivity index is 3.10. The highest BCUT2D eigenvalue weighted by molar-refractivity contribution is 7.98. The molecule has 3 atom stereocenters. The first-order valence-electron chi connectivity index (χ1n) is 9.15. The van der Waals surface area contributed by atoms with E-state index in [2.05, 4.69) is 5.32 Å². The van der Waals surface area contributed by atoms with E-state index < -0.39 is 41.2 Å². The summed E-state index contributed by atoms with van der Waals surface area (Å²) in [5, 5.41) is 11.9. The van der Waals surface area contributed by atoms with Crippen LogP contribution in [0.3, 0.4) is 0 Å². The van der Waals surface area contributed by atoms with E-state index in [4.69, 9.17) is 16.6 Å². The summed E-state index contributed by atoms with van der Waals surface area (Å²) < 4.78 is 0. The Kier molecular flexibility index (Phi) is 8.56. The number of carboxylic acids is 1. The molecule has 26 heavy (non-hydrogen) atoms. The van der Waals surface area contributed by atoms with Gasteiger partial charge in [0.05, 0.1) is 18.5 Å². The molecule has 0 aliphatic heterocycles. The van der Waals surface area contributed by atoms with Gasteiger partial charge in [-0.05, 0) is 43.6 Å². The molecule has 0 radical (unpaired) electrons. The summed E-state index contributed by atoms with van der Waals surface area (Å²) in [6, 6.07) is -1.88. The molecule has 7 nitrogen and oxygen atoms in total. The van der Waals surface area contributed by atoms with Crippen LogP contribution in [-0.2, 0) is 14.4 Å². The van der Waals surface area contributed by atoms with Crippen LogP contribution in [0.15, 0.2) is 0 Å². The van der Waals surface area contributed by atoms with Crippen LogP contribution in [0, 0.1) is 5.41 Å². The van der Waals surface area contributed by atoms with Gasteiger partial charge in [-0.1, -0.05) is 26.2 Å². The van der Waals surface area contributed by atoms with Crippen LogP contribution in [0.4, 0.5) is 0 Å². The molecular weight excluding hydrogens is 354 g/mol. The number of aliphatic carboxylic acids is 1. The zero-order valence-electron chi connectivity index (χ0n) is 16.0. The maximum Gasteiger partial charge on any atom is 0.305 e. The quantitative estimate of drug-likeness (QED) is 0.443. The predicted molar refractivity (Wildman–Crippen MR) is 104 cm³/mol. The summed E-state index contributed by atoms with van der Waals surface area (Å²) in [6.07, 6.45) is 6.54. The lowest BCUT2D eigenvalue weighted by atomic mass is 9.60. The Labute approximate surface area is 160 Å². The van der Waals surface area contributed by atoms with Crippen LogP contribution in [0.1, 0.15) is 58.8 Å². The molecule has 150 valence electrons. The van der Waals surface area contributed by atoms with E-state index >= 15 is 0 Å². The average Bonchev–Trinajstić information content (AvgIpc) is 2.58. The summed E-state index contributed by atoms with van der Waals surface area (Å²) in [5.41, 5.74) is 10.1. The number of nitrogens with one attached hydrogen (secondary N) is 1. The maximum atomic E-state index is 13.1. The van der Waals surface area contributed by atoms with Gasteiger partial charge in [0, 0.05) is 0 Å². The normalized spacial score (nSPS) is 21.3. The second-order valence-corrected chi connectivity index (χ2v) is 8.68. The van der Waals surface area contributed by atoms with Crippen molar-refractivity contribution in [3.8, 4) is 0 Å². The van der Waals surface area contributed by atoms with Crippen molar-refractivity contribution in [2.45, 2.75) is 76.4 Å². The van der Waals surface area contributed by atoms with Crippen LogP contribution in [0.25, 0.3) is 0 Å². The first-order valence-corrected chi connectivity index (χ1v) is 10.5. The SMILES string of the molecule is CSCC[C@H](N)C(=O)NC(C)(C(=O)[C@@H](N)CC(=O)O)C1(C)CCCCC1. The fourth-order valence-corrected chi connectivity index (χ4v) is 4.20. The smallest absolute Gasteiger partial charge is 0.305 e. The molecule has 0 heterocycles. The first-order chi connectivity index (χ1) is 12.1. The summed E-state index contributed by atoms with van der Waals surface area (Å²) >= 11 is 1.60. The van der Waals surface area contributed by atoms with Crippen LogP contribution in [0.5, 0.6) is 0 Å². The highest BCUT2D eigenvalue weighted by Gasteiger charge is 2.52. The number of amides is 1. The van der Waals surface area contributed by atoms with E-state index in [1.807, 2.05) is 13.2 Å². The number of thioether (sulfide) groups is 1. The molecule has 1 aliphatic carbocycles. The standard InChI is InChI=1S/C18H33N3O4S/c1-17(8-5-4-6-9-17)18(2,15(24)13(20)11-14(22)23)21-16(25)12(19)7-10-26-3/h12-13H,4-11,19-20H2,1-3H3,(H,21,25)(H,22,23)/t12-,13-,18?/m0/s1. The van der Waals surface area contributed by atoms with Crippen molar-refractivity contribution in [2.75, 3.05) is 12.0 Å². The van der Waals surface area contributed by atoms with Crippen molar-refractivity contribution >= 4 is 29.4 Å². The second-order valence-electron chi connectivity index (χ2n) is 7.69. The summed E-state index contributed by atoms with van der Waals surface area (Å²) in [7, 11) is 0. The van der Waals surface area contributed by atoms with E-state index in [1.54, 1.807) is 18.7 Å². The Hall–Kier alpha value is -1.12.